The maximum Gasteiger partial charge on any atom is 0.248 e. The molecule has 1 amide bonds. The molecule has 4 heteroatoms. The van der Waals surface area contributed by atoms with E-state index in [4.69, 9.17) is 0 Å². The number of nitrogens with one attached hydrogen (secondary N) is 1. The number of anilines is 1. The van der Waals surface area contributed by atoms with E-state index in [2.05, 4.69) is 37.2 Å². The summed E-state index contributed by atoms with van der Waals surface area (Å²) in [5.74, 6) is -0.133. The minimum atomic E-state index is -0.133. The van der Waals surface area contributed by atoms with Gasteiger partial charge in [-0.15, -0.1) is 0 Å². The van der Waals surface area contributed by atoms with Crippen LogP contribution in [0, 0.1) is 0 Å². The molecule has 0 aliphatic carbocycles. The summed E-state index contributed by atoms with van der Waals surface area (Å²) in [7, 11) is 0. The molecule has 0 spiro atoms. The number of hydrogen-bond acceptors (Lipinski definition) is 1. The van der Waals surface area contributed by atoms with Crippen LogP contribution in [0.15, 0.2) is 39.3 Å². The lowest BCUT2D eigenvalue weighted by Gasteiger charge is -2.05. The Hall–Kier alpha value is -0.610. The Balaban J connectivity index is 2.85. The van der Waals surface area contributed by atoms with Crippen LogP contribution >= 0.6 is 31.9 Å². The van der Waals surface area contributed by atoms with Crippen LogP contribution in [-0.2, 0) is 4.79 Å². The molecule has 0 atom stereocenters. The van der Waals surface area contributed by atoms with Gasteiger partial charge in [-0.1, -0.05) is 22.0 Å². The van der Waals surface area contributed by atoms with Crippen LogP contribution in [-0.4, -0.2) is 5.91 Å². The fraction of sp³-hybridized carbons (Fsp3) is 0.100. The lowest BCUT2D eigenvalue weighted by atomic mass is 10.3. The molecule has 0 bridgehead atoms. The molecule has 0 saturated heterocycles. The molecular formula is C10H9Br2NO. The fourth-order valence-corrected chi connectivity index (χ4v) is 1.63. The molecule has 74 valence electrons. The maximum atomic E-state index is 11.2. The highest BCUT2D eigenvalue weighted by atomic mass is 79.9. The van der Waals surface area contributed by atoms with Gasteiger partial charge in [0, 0.05) is 8.95 Å². The van der Waals surface area contributed by atoms with Gasteiger partial charge >= 0.3 is 0 Å². The van der Waals surface area contributed by atoms with Gasteiger partial charge in [-0.05, 0) is 47.1 Å². The van der Waals surface area contributed by atoms with E-state index in [1.165, 1.54) is 6.08 Å². The van der Waals surface area contributed by atoms with Crippen molar-refractivity contribution in [3.05, 3.63) is 39.3 Å². The van der Waals surface area contributed by atoms with E-state index in [9.17, 15) is 4.79 Å². The van der Waals surface area contributed by atoms with Crippen molar-refractivity contribution in [2.45, 2.75) is 6.92 Å². The molecule has 0 saturated carbocycles. The molecule has 1 aromatic rings. The quantitative estimate of drug-likeness (QED) is 0.827. The van der Waals surface area contributed by atoms with Gasteiger partial charge in [0.15, 0.2) is 0 Å². The summed E-state index contributed by atoms with van der Waals surface area (Å²) in [5, 5.41) is 2.75. The number of hydrogen-bond donors (Lipinski definition) is 1. The van der Waals surface area contributed by atoms with E-state index in [1.54, 1.807) is 13.0 Å². The first-order valence-electron chi connectivity index (χ1n) is 4.02. The Bertz CT molecular complexity index is 374. The van der Waals surface area contributed by atoms with Crippen molar-refractivity contribution < 1.29 is 4.79 Å². The number of carbonyl (C=O) groups excluding carboxylic acids is 1. The highest BCUT2D eigenvalue weighted by Gasteiger charge is 2.02. The minimum Gasteiger partial charge on any atom is -0.321 e. The van der Waals surface area contributed by atoms with E-state index in [0.29, 0.717) is 0 Å². The highest BCUT2D eigenvalue weighted by Crippen LogP contribution is 2.25. The summed E-state index contributed by atoms with van der Waals surface area (Å²) in [6, 6.07) is 5.61. The maximum absolute atomic E-state index is 11.2. The summed E-state index contributed by atoms with van der Waals surface area (Å²) in [6.07, 6.45) is 3.18. The SMILES string of the molecule is CC=CC(=O)Nc1cc(Br)ccc1Br. The molecule has 0 aliphatic heterocycles. The van der Waals surface area contributed by atoms with Crippen molar-refractivity contribution in [1.29, 1.82) is 0 Å². The van der Waals surface area contributed by atoms with Crippen LogP contribution < -0.4 is 5.32 Å². The summed E-state index contributed by atoms with van der Waals surface area (Å²) in [4.78, 5) is 11.2. The highest BCUT2D eigenvalue weighted by molar-refractivity contribution is 9.11. The Morgan fingerprint density at radius 3 is 2.79 bits per heavy atom. The molecule has 0 unspecified atom stereocenters. The van der Waals surface area contributed by atoms with Crippen LogP contribution in [0.3, 0.4) is 0 Å². The van der Waals surface area contributed by atoms with E-state index >= 15 is 0 Å². The number of allylic oxidation sites excluding steroid dienone is 1. The molecule has 1 rings (SSSR count). The normalized spacial score (nSPS) is 10.5. The van der Waals surface area contributed by atoms with Gasteiger partial charge in [-0.25, -0.2) is 0 Å². The lowest BCUT2D eigenvalue weighted by molar-refractivity contribution is -0.111. The van der Waals surface area contributed by atoms with Crippen LogP contribution in [0.25, 0.3) is 0 Å². The van der Waals surface area contributed by atoms with Gasteiger partial charge < -0.3 is 5.32 Å². The molecule has 0 heterocycles. The van der Waals surface area contributed by atoms with Gasteiger partial charge in [-0.3, -0.25) is 4.79 Å². The monoisotopic (exact) mass is 317 g/mol. The lowest BCUT2D eigenvalue weighted by Crippen LogP contribution is -2.08. The molecule has 1 N–H and O–H groups in total. The Morgan fingerprint density at radius 1 is 1.43 bits per heavy atom. The summed E-state index contributed by atoms with van der Waals surface area (Å²) >= 11 is 6.69. The predicted molar refractivity (Wildman–Crippen MR) is 65.3 cm³/mol. The van der Waals surface area contributed by atoms with Crippen LogP contribution in [0.2, 0.25) is 0 Å². The minimum absolute atomic E-state index is 0.133. The number of rotatable bonds is 2. The van der Waals surface area contributed by atoms with E-state index in [1.807, 2.05) is 18.2 Å². The average Bonchev–Trinajstić information content (AvgIpc) is 2.12. The summed E-state index contributed by atoms with van der Waals surface area (Å²) in [6.45, 7) is 1.80. The third kappa shape index (κ3) is 3.27. The summed E-state index contributed by atoms with van der Waals surface area (Å²) in [5.41, 5.74) is 0.752. The zero-order valence-electron chi connectivity index (χ0n) is 7.55. The number of benzene rings is 1. The second-order valence-electron chi connectivity index (χ2n) is 2.61. The van der Waals surface area contributed by atoms with Crippen molar-refractivity contribution in [2.75, 3.05) is 5.32 Å². The number of carbonyl (C=O) groups is 1. The average molecular weight is 319 g/mol. The molecule has 0 aromatic heterocycles. The first kappa shape index (κ1) is 11.5. The van der Waals surface area contributed by atoms with Gasteiger partial charge in [0.25, 0.3) is 0 Å². The second-order valence-corrected chi connectivity index (χ2v) is 4.38. The first-order chi connectivity index (χ1) is 6.63. The van der Waals surface area contributed by atoms with Crippen LogP contribution in [0.4, 0.5) is 5.69 Å². The topological polar surface area (TPSA) is 29.1 Å². The number of amides is 1. The van der Waals surface area contributed by atoms with Crippen molar-refractivity contribution in [3.63, 3.8) is 0 Å². The van der Waals surface area contributed by atoms with Crippen molar-refractivity contribution in [3.8, 4) is 0 Å². The third-order valence-corrected chi connectivity index (χ3v) is 2.69. The Morgan fingerprint density at radius 2 is 2.14 bits per heavy atom. The van der Waals surface area contributed by atoms with Crippen molar-refractivity contribution in [1.82, 2.24) is 0 Å². The van der Waals surface area contributed by atoms with Gasteiger partial charge in [0.1, 0.15) is 0 Å². The number of halogens is 2. The summed E-state index contributed by atoms with van der Waals surface area (Å²) < 4.78 is 1.79. The zero-order valence-corrected chi connectivity index (χ0v) is 10.7. The molecule has 14 heavy (non-hydrogen) atoms. The molecular weight excluding hydrogens is 310 g/mol. The van der Waals surface area contributed by atoms with Crippen LogP contribution in [0.5, 0.6) is 0 Å². The van der Waals surface area contributed by atoms with Gasteiger partial charge in [0.2, 0.25) is 5.91 Å². The molecule has 1 aromatic carbocycles. The third-order valence-electron chi connectivity index (χ3n) is 1.50. The largest absolute Gasteiger partial charge is 0.321 e. The predicted octanol–water partition coefficient (Wildman–Crippen LogP) is 3.73. The van der Waals surface area contributed by atoms with E-state index < -0.39 is 0 Å². The fourth-order valence-electron chi connectivity index (χ4n) is 0.919. The smallest absolute Gasteiger partial charge is 0.248 e. The molecule has 2 nitrogen and oxygen atoms in total. The van der Waals surface area contributed by atoms with E-state index in [0.717, 1.165) is 14.6 Å². The van der Waals surface area contributed by atoms with Crippen LogP contribution in [0.1, 0.15) is 6.92 Å². The van der Waals surface area contributed by atoms with Gasteiger partial charge in [-0.2, -0.15) is 0 Å². The van der Waals surface area contributed by atoms with Crippen molar-refractivity contribution >= 4 is 43.5 Å². The molecule has 0 aliphatic rings. The second kappa shape index (κ2) is 5.32. The van der Waals surface area contributed by atoms with Crippen molar-refractivity contribution in [2.24, 2.45) is 0 Å². The zero-order chi connectivity index (χ0) is 10.6. The standard InChI is InChI=1S/C10H9Br2NO/c1-2-3-10(14)13-9-6-7(11)4-5-8(9)12/h2-6H,1H3,(H,13,14). The van der Waals surface area contributed by atoms with Gasteiger partial charge in [0.05, 0.1) is 5.69 Å². The van der Waals surface area contributed by atoms with E-state index in [-0.39, 0.29) is 5.91 Å². The molecule has 0 fully saturated rings. The first-order valence-corrected chi connectivity index (χ1v) is 5.61. The Kier molecular flexibility index (Phi) is 4.35. The molecule has 0 radical (unpaired) electrons. The Labute approximate surface area is 99.6 Å².